The standard InChI is InChI=1S/C16H32N2O/c1-15(2,3)18-9-6-13(7-10-18)17-14-8-11-19-16(4,5)12-14/h13-14,17H,6-12H2,1-5H3. The first kappa shape index (κ1) is 15.3. The number of nitrogens with one attached hydrogen (secondary N) is 1. The first-order valence-electron chi connectivity index (χ1n) is 7.91. The maximum atomic E-state index is 5.80. The lowest BCUT2D eigenvalue weighted by Gasteiger charge is -2.43. The predicted molar refractivity (Wildman–Crippen MR) is 80.5 cm³/mol. The van der Waals surface area contributed by atoms with Crippen molar-refractivity contribution in [3.05, 3.63) is 0 Å². The van der Waals surface area contributed by atoms with E-state index in [4.69, 9.17) is 4.74 Å². The van der Waals surface area contributed by atoms with E-state index in [1.807, 2.05) is 0 Å². The van der Waals surface area contributed by atoms with Crippen molar-refractivity contribution in [3.63, 3.8) is 0 Å². The zero-order chi connectivity index (χ0) is 14.1. The molecule has 2 rings (SSSR count). The van der Waals surface area contributed by atoms with Gasteiger partial charge in [-0.1, -0.05) is 0 Å². The van der Waals surface area contributed by atoms with Crippen LogP contribution in [-0.2, 0) is 4.74 Å². The monoisotopic (exact) mass is 268 g/mol. The summed E-state index contributed by atoms with van der Waals surface area (Å²) in [6.07, 6.45) is 4.89. The third-order valence-electron chi connectivity index (χ3n) is 4.61. The zero-order valence-electron chi connectivity index (χ0n) is 13.5. The Hall–Kier alpha value is -0.120. The fourth-order valence-corrected chi connectivity index (χ4v) is 3.42. The lowest BCUT2D eigenvalue weighted by molar-refractivity contribution is -0.0652. The second-order valence-electron chi connectivity index (χ2n) is 7.90. The Morgan fingerprint density at radius 3 is 2.21 bits per heavy atom. The topological polar surface area (TPSA) is 24.5 Å². The summed E-state index contributed by atoms with van der Waals surface area (Å²) in [5.74, 6) is 0. The van der Waals surface area contributed by atoms with E-state index in [1.165, 1.54) is 32.4 Å². The summed E-state index contributed by atoms with van der Waals surface area (Å²) >= 11 is 0. The average Bonchev–Trinajstić information content (AvgIpc) is 2.27. The van der Waals surface area contributed by atoms with Crippen molar-refractivity contribution < 1.29 is 4.74 Å². The maximum Gasteiger partial charge on any atom is 0.0641 e. The fourth-order valence-electron chi connectivity index (χ4n) is 3.42. The number of nitrogens with zero attached hydrogens (tertiary/aromatic N) is 1. The van der Waals surface area contributed by atoms with Gasteiger partial charge in [0.25, 0.3) is 0 Å². The lowest BCUT2D eigenvalue weighted by Crippen LogP contribution is -2.53. The van der Waals surface area contributed by atoms with E-state index in [9.17, 15) is 0 Å². The molecule has 2 fully saturated rings. The Morgan fingerprint density at radius 2 is 1.68 bits per heavy atom. The Balaban J connectivity index is 1.77. The summed E-state index contributed by atoms with van der Waals surface area (Å²) in [7, 11) is 0. The van der Waals surface area contributed by atoms with Crippen LogP contribution in [0.2, 0.25) is 0 Å². The van der Waals surface area contributed by atoms with Gasteiger partial charge in [0.05, 0.1) is 5.60 Å². The Bertz CT molecular complexity index is 288. The van der Waals surface area contributed by atoms with Gasteiger partial charge < -0.3 is 10.1 Å². The predicted octanol–water partition coefficient (Wildman–Crippen LogP) is 2.80. The van der Waals surface area contributed by atoms with Crippen molar-refractivity contribution >= 4 is 0 Å². The van der Waals surface area contributed by atoms with Gasteiger partial charge in [-0.3, -0.25) is 4.90 Å². The number of likely N-dealkylation sites (tertiary alicyclic amines) is 1. The van der Waals surface area contributed by atoms with E-state index in [0.29, 0.717) is 17.6 Å². The van der Waals surface area contributed by atoms with Gasteiger partial charge in [-0.2, -0.15) is 0 Å². The molecule has 3 heteroatoms. The molecular formula is C16H32N2O. The van der Waals surface area contributed by atoms with Crippen LogP contribution in [0.1, 0.15) is 60.3 Å². The van der Waals surface area contributed by atoms with E-state index < -0.39 is 0 Å². The molecule has 0 radical (unpaired) electrons. The Labute approximate surface area is 119 Å². The van der Waals surface area contributed by atoms with E-state index in [1.54, 1.807) is 0 Å². The van der Waals surface area contributed by atoms with Gasteiger partial charge in [0.15, 0.2) is 0 Å². The maximum absolute atomic E-state index is 5.80. The van der Waals surface area contributed by atoms with Gasteiger partial charge in [-0.15, -0.1) is 0 Å². The highest BCUT2D eigenvalue weighted by atomic mass is 16.5. The summed E-state index contributed by atoms with van der Waals surface area (Å²) in [5.41, 5.74) is 0.383. The third kappa shape index (κ3) is 4.44. The minimum atomic E-state index is 0.0576. The molecule has 2 saturated heterocycles. The fraction of sp³-hybridized carbons (Fsp3) is 1.00. The van der Waals surface area contributed by atoms with Crippen molar-refractivity contribution in [3.8, 4) is 0 Å². The summed E-state index contributed by atoms with van der Waals surface area (Å²) < 4.78 is 5.80. The molecule has 3 nitrogen and oxygen atoms in total. The quantitative estimate of drug-likeness (QED) is 0.833. The summed E-state index contributed by atoms with van der Waals surface area (Å²) in [6, 6.07) is 1.35. The molecule has 1 N–H and O–H groups in total. The molecule has 0 spiro atoms. The highest BCUT2D eigenvalue weighted by Gasteiger charge is 2.32. The highest BCUT2D eigenvalue weighted by molar-refractivity contribution is 4.89. The summed E-state index contributed by atoms with van der Waals surface area (Å²) in [5, 5.41) is 3.88. The number of hydrogen-bond donors (Lipinski definition) is 1. The van der Waals surface area contributed by atoms with Crippen molar-refractivity contribution in [1.82, 2.24) is 10.2 Å². The first-order valence-corrected chi connectivity index (χ1v) is 7.91. The van der Waals surface area contributed by atoms with Gasteiger partial charge >= 0.3 is 0 Å². The third-order valence-corrected chi connectivity index (χ3v) is 4.61. The van der Waals surface area contributed by atoms with Gasteiger partial charge in [-0.05, 0) is 60.3 Å². The van der Waals surface area contributed by atoms with Crippen molar-refractivity contribution in [2.24, 2.45) is 0 Å². The molecule has 2 aliphatic rings. The highest BCUT2D eigenvalue weighted by Crippen LogP contribution is 2.26. The average molecular weight is 268 g/mol. The second kappa shape index (κ2) is 5.71. The lowest BCUT2D eigenvalue weighted by atomic mass is 9.91. The molecule has 0 amide bonds. The van der Waals surface area contributed by atoms with Gasteiger partial charge in [0.1, 0.15) is 0 Å². The van der Waals surface area contributed by atoms with Gasteiger partial charge in [0, 0.05) is 37.3 Å². The molecule has 2 aliphatic heterocycles. The molecule has 0 saturated carbocycles. The van der Waals surface area contributed by atoms with Crippen LogP contribution in [0, 0.1) is 0 Å². The number of rotatable bonds is 2. The van der Waals surface area contributed by atoms with Gasteiger partial charge in [0.2, 0.25) is 0 Å². The molecule has 0 bridgehead atoms. The molecule has 0 aliphatic carbocycles. The molecule has 0 aromatic heterocycles. The van der Waals surface area contributed by atoms with Crippen LogP contribution in [-0.4, -0.2) is 47.8 Å². The van der Waals surface area contributed by atoms with Crippen LogP contribution in [0.5, 0.6) is 0 Å². The molecule has 19 heavy (non-hydrogen) atoms. The largest absolute Gasteiger partial charge is 0.375 e. The minimum Gasteiger partial charge on any atom is -0.375 e. The number of ether oxygens (including phenoxy) is 1. The number of piperidine rings is 1. The van der Waals surface area contributed by atoms with Crippen LogP contribution in [0.3, 0.4) is 0 Å². The van der Waals surface area contributed by atoms with E-state index >= 15 is 0 Å². The molecule has 1 atom stereocenters. The van der Waals surface area contributed by atoms with Crippen molar-refractivity contribution in [1.29, 1.82) is 0 Å². The normalized spacial score (nSPS) is 30.5. The molecule has 1 unspecified atom stereocenters. The van der Waals surface area contributed by atoms with Crippen LogP contribution < -0.4 is 5.32 Å². The second-order valence-corrected chi connectivity index (χ2v) is 7.90. The molecule has 0 aromatic carbocycles. The van der Waals surface area contributed by atoms with Crippen LogP contribution >= 0.6 is 0 Å². The first-order chi connectivity index (χ1) is 8.76. The SMILES string of the molecule is CC1(C)CC(NC2CCN(C(C)(C)C)CC2)CCO1. The van der Waals surface area contributed by atoms with Crippen LogP contribution in [0.15, 0.2) is 0 Å². The molecule has 112 valence electrons. The van der Waals surface area contributed by atoms with Gasteiger partial charge in [-0.25, -0.2) is 0 Å². The van der Waals surface area contributed by atoms with E-state index in [-0.39, 0.29) is 5.60 Å². The van der Waals surface area contributed by atoms with Crippen molar-refractivity contribution in [2.45, 2.75) is 83.5 Å². The van der Waals surface area contributed by atoms with Crippen LogP contribution in [0.25, 0.3) is 0 Å². The van der Waals surface area contributed by atoms with Crippen LogP contribution in [0.4, 0.5) is 0 Å². The Kier molecular flexibility index (Phi) is 4.59. The molecule has 0 aromatic rings. The van der Waals surface area contributed by atoms with Crippen molar-refractivity contribution in [2.75, 3.05) is 19.7 Å². The number of hydrogen-bond acceptors (Lipinski definition) is 3. The smallest absolute Gasteiger partial charge is 0.0641 e. The molecular weight excluding hydrogens is 236 g/mol. The van der Waals surface area contributed by atoms with E-state index in [0.717, 1.165) is 13.0 Å². The summed E-state index contributed by atoms with van der Waals surface area (Å²) in [6.45, 7) is 14.8. The summed E-state index contributed by atoms with van der Waals surface area (Å²) in [4.78, 5) is 2.61. The molecule has 2 heterocycles. The van der Waals surface area contributed by atoms with E-state index in [2.05, 4.69) is 44.8 Å². The minimum absolute atomic E-state index is 0.0576. The zero-order valence-corrected chi connectivity index (χ0v) is 13.5. The Morgan fingerprint density at radius 1 is 1.05 bits per heavy atom.